The molecular formula is C11H5ClN4S. The normalized spacial score (nSPS) is 9.59. The summed E-state index contributed by atoms with van der Waals surface area (Å²) in [5.41, 5.74) is 0.711. The van der Waals surface area contributed by atoms with Crippen molar-refractivity contribution >= 4 is 38.9 Å². The number of nitriles is 2. The second-order valence-electron chi connectivity index (χ2n) is 3.11. The number of halogens is 1. The third-order valence-corrected chi connectivity index (χ3v) is 3.22. The quantitative estimate of drug-likeness (QED) is 0.779. The molecule has 0 radical (unpaired) electrons. The van der Waals surface area contributed by atoms with E-state index in [0.717, 1.165) is 15.2 Å². The van der Waals surface area contributed by atoms with Gasteiger partial charge in [-0.1, -0.05) is 11.6 Å². The van der Waals surface area contributed by atoms with E-state index in [-0.39, 0.29) is 12.3 Å². The van der Waals surface area contributed by atoms with Crippen molar-refractivity contribution in [3.8, 4) is 12.1 Å². The van der Waals surface area contributed by atoms with Crippen molar-refractivity contribution in [2.24, 2.45) is 4.99 Å². The van der Waals surface area contributed by atoms with Gasteiger partial charge in [0.25, 0.3) is 0 Å². The van der Waals surface area contributed by atoms with Crippen LogP contribution >= 0.6 is 22.9 Å². The maximum Gasteiger partial charge on any atom is 0.213 e. The number of nitrogens with zero attached hydrogens (tertiary/aromatic N) is 4. The Morgan fingerprint density at radius 1 is 1.41 bits per heavy atom. The van der Waals surface area contributed by atoms with Crippen LogP contribution < -0.4 is 0 Å². The van der Waals surface area contributed by atoms with Crippen LogP contribution in [0.1, 0.15) is 5.01 Å². The van der Waals surface area contributed by atoms with Crippen molar-refractivity contribution < 1.29 is 0 Å². The van der Waals surface area contributed by atoms with Crippen LogP contribution in [0.3, 0.4) is 0 Å². The Balaban J connectivity index is 2.30. The fourth-order valence-electron chi connectivity index (χ4n) is 1.26. The van der Waals surface area contributed by atoms with Crippen molar-refractivity contribution in [2.75, 3.05) is 0 Å². The Morgan fingerprint density at radius 2 is 2.18 bits per heavy atom. The molecule has 0 N–H and O–H groups in total. The standard InChI is InChI=1S/C11H5ClN4S/c12-7-1-2-9-10(3-7)17-11(16-9)6-15-8(4-13)5-14/h1-3H,6H2. The lowest BCUT2D eigenvalue weighted by atomic mass is 10.3. The number of hydrogen-bond acceptors (Lipinski definition) is 5. The summed E-state index contributed by atoms with van der Waals surface area (Å²) in [5, 5.41) is 18.5. The first-order chi connectivity index (χ1) is 8.22. The van der Waals surface area contributed by atoms with E-state index >= 15 is 0 Å². The Morgan fingerprint density at radius 3 is 2.88 bits per heavy atom. The molecule has 1 heterocycles. The molecule has 0 aliphatic heterocycles. The molecule has 1 aromatic heterocycles. The van der Waals surface area contributed by atoms with Crippen LogP contribution in [0.25, 0.3) is 10.2 Å². The third-order valence-electron chi connectivity index (χ3n) is 1.98. The van der Waals surface area contributed by atoms with Crippen LogP contribution in [0.15, 0.2) is 23.2 Å². The van der Waals surface area contributed by atoms with Crippen LogP contribution in [-0.2, 0) is 6.54 Å². The van der Waals surface area contributed by atoms with Gasteiger partial charge in [0.2, 0.25) is 5.71 Å². The van der Waals surface area contributed by atoms with E-state index in [1.165, 1.54) is 11.3 Å². The lowest BCUT2D eigenvalue weighted by molar-refractivity contribution is 1.05. The van der Waals surface area contributed by atoms with E-state index in [9.17, 15) is 0 Å². The smallest absolute Gasteiger partial charge is 0.213 e. The minimum Gasteiger partial charge on any atom is -0.257 e. The number of rotatable bonds is 2. The fourth-order valence-corrected chi connectivity index (χ4v) is 2.42. The van der Waals surface area contributed by atoms with E-state index in [1.807, 2.05) is 12.1 Å². The summed E-state index contributed by atoms with van der Waals surface area (Å²) in [6.45, 7) is 0.243. The molecule has 1 aromatic carbocycles. The first kappa shape index (κ1) is 11.5. The average Bonchev–Trinajstić information content (AvgIpc) is 2.72. The first-order valence-corrected chi connectivity index (χ1v) is 5.82. The number of fused-ring (bicyclic) bond motifs is 1. The highest BCUT2D eigenvalue weighted by Crippen LogP contribution is 2.25. The molecule has 0 saturated heterocycles. The Hall–Kier alpha value is -1.95. The van der Waals surface area contributed by atoms with Gasteiger partial charge in [-0.3, -0.25) is 4.99 Å². The summed E-state index contributed by atoms with van der Waals surface area (Å²) in [6.07, 6.45) is 0. The Kier molecular flexibility index (Phi) is 3.34. The number of benzene rings is 1. The molecule has 6 heteroatoms. The predicted molar refractivity (Wildman–Crippen MR) is 67.0 cm³/mol. The zero-order valence-electron chi connectivity index (χ0n) is 8.51. The molecule has 0 bridgehead atoms. The minimum absolute atomic E-state index is 0.137. The van der Waals surface area contributed by atoms with Crippen molar-refractivity contribution in [1.82, 2.24) is 4.98 Å². The van der Waals surface area contributed by atoms with Crippen LogP contribution in [0.2, 0.25) is 5.02 Å². The lowest BCUT2D eigenvalue weighted by Gasteiger charge is -1.86. The van der Waals surface area contributed by atoms with Crippen molar-refractivity contribution in [3.05, 3.63) is 28.2 Å². The summed E-state index contributed by atoms with van der Waals surface area (Å²) < 4.78 is 0.971. The zero-order chi connectivity index (χ0) is 12.3. The van der Waals surface area contributed by atoms with Gasteiger partial charge >= 0.3 is 0 Å². The molecule has 0 aliphatic carbocycles. The largest absolute Gasteiger partial charge is 0.257 e. The van der Waals surface area contributed by atoms with Crippen LogP contribution in [0.5, 0.6) is 0 Å². The maximum absolute atomic E-state index is 8.54. The molecule has 4 nitrogen and oxygen atoms in total. The monoisotopic (exact) mass is 260 g/mol. The average molecular weight is 261 g/mol. The van der Waals surface area contributed by atoms with Crippen molar-refractivity contribution in [2.45, 2.75) is 6.54 Å². The van der Waals surface area contributed by atoms with Gasteiger partial charge in [-0.25, -0.2) is 4.98 Å². The Labute approximate surface area is 106 Å². The second-order valence-corrected chi connectivity index (χ2v) is 4.66. The zero-order valence-corrected chi connectivity index (χ0v) is 10.1. The molecule has 17 heavy (non-hydrogen) atoms. The van der Waals surface area contributed by atoms with Gasteiger partial charge in [0, 0.05) is 5.02 Å². The lowest BCUT2D eigenvalue weighted by Crippen LogP contribution is -1.89. The molecule has 0 atom stereocenters. The van der Waals surface area contributed by atoms with E-state index in [1.54, 1.807) is 18.2 Å². The minimum atomic E-state index is -0.137. The van der Waals surface area contributed by atoms with Crippen molar-refractivity contribution in [3.63, 3.8) is 0 Å². The van der Waals surface area contributed by atoms with Crippen LogP contribution in [0.4, 0.5) is 0 Å². The summed E-state index contributed by atoms with van der Waals surface area (Å²) in [6, 6.07) is 8.85. The SMILES string of the molecule is N#CC(C#N)=NCc1nc2ccc(Cl)cc2s1. The molecule has 0 saturated carbocycles. The Bertz CT molecular complexity index is 659. The topological polar surface area (TPSA) is 72.8 Å². The van der Waals surface area contributed by atoms with Gasteiger partial charge in [0.15, 0.2) is 0 Å². The molecular weight excluding hydrogens is 256 g/mol. The first-order valence-electron chi connectivity index (χ1n) is 4.62. The molecule has 0 unspecified atom stereocenters. The third kappa shape index (κ3) is 2.59. The number of thiazole rings is 1. The second kappa shape index (κ2) is 4.92. The highest BCUT2D eigenvalue weighted by molar-refractivity contribution is 7.18. The highest BCUT2D eigenvalue weighted by atomic mass is 35.5. The molecule has 0 fully saturated rings. The summed E-state index contributed by atoms with van der Waals surface area (Å²) >= 11 is 7.32. The fraction of sp³-hybridized carbons (Fsp3) is 0.0909. The van der Waals surface area contributed by atoms with Gasteiger partial charge < -0.3 is 0 Å². The van der Waals surface area contributed by atoms with Gasteiger partial charge in [0.1, 0.15) is 17.1 Å². The van der Waals surface area contributed by atoms with E-state index in [0.29, 0.717) is 5.02 Å². The summed E-state index contributed by atoms with van der Waals surface area (Å²) in [7, 11) is 0. The van der Waals surface area contributed by atoms with E-state index in [2.05, 4.69) is 9.98 Å². The number of aliphatic imine (C=N–C) groups is 1. The van der Waals surface area contributed by atoms with Gasteiger partial charge in [0.05, 0.1) is 16.8 Å². The van der Waals surface area contributed by atoms with Gasteiger partial charge in [-0.15, -0.1) is 11.3 Å². The van der Waals surface area contributed by atoms with Gasteiger partial charge in [-0.2, -0.15) is 10.5 Å². The van der Waals surface area contributed by atoms with Crippen LogP contribution in [0, 0.1) is 22.7 Å². The molecule has 2 rings (SSSR count). The molecule has 0 amide bonds. The molecule has 0 spiro atoms. The number of aromatic nitrogens is 1. The van der Waals surface area contributed by atoms with E-state index < -0.39 is 0 Å². The molecule has 82 valence electrons. The molecule has 2 aromatic rings. The van der Waals surface area contributed by atoms with Crippen molar-refractivity contribution in [1.29, 1.82) is 10.5 Å². The summed E-state index contributed by atoms with van der Waals surface area (Å²) in [4.78, 5) is 8.19. The van der Waals surface area contributed by atoms with Gasteiger partial charge in [-0.05, 0) is 18.2 Å². The predicted octanol–water partition coefficient (Wildman–Crippen LogP) is 2.94. The van der Waals surface area contributed by atoms with Crippen LogP contribution in [-0.4, -0.2) is 10.7 Å². The summed E-state index contributed by atoms with van der Waals surface area (Å²) in [5.74, 6) is 0. The molecule has 0 aliphatic rings. The van der Waals surface area contributed by atoms with E-state index in [4.69, 9.17) is 22.1 Å². The number of hydrogen-bond donors (Lipinski definition) is 0. The highest BCUT2D eigenvalue weighted by Gasteiger charge is 2.04. The maximum atomic E-state index is 8.54.